The molecule has 1 aliphatic heterocycles. The minimum Gasteiger partial charge on any atom is -0.504 e. The van der Waals surface area contributed by atoms with Crippen LogP contribution in [-0.2, 0) is 0 Å². The zero-order valence-electron chi connectivity index (χ0n) is 11.6. The van der Waals surface area contributed by atoms with Crippen LogP contribution in [0.4, 0.5) is 5.69 Å². The molecule has 0 bridgehead atoms. The average Bonchev–Trinajstić information content (AvgIpc) is 3.14. The molecular weight excluding hydrogens is 256 g/mol. The third kappa shape index (κ3) is 2.35. The van der Waals surface area contributed by atoms with Crippen molar-refractivity contribution in [2.45, 2.75) is 32.2 Å². The maximum absolute atomic E-state index is 12.3. The van der Waals surface area contributed by atoms with Crippen LogP contribution in [-0.4, -0.2) is 30.4 Å². The first-order valence-electron chi connectivity index (χ1n) is 6.77. The van der Waals surface area contributed by atoms with Crippen molar-refractivity contribution in [3.63, 3.8) is 0 Å². The number of amides is 1. The zero-order chi connectivity index (χ0) is 14.3. The lowest BCUT2D eigenvalue weighted by atomic mass is 10.00. The number of ether oxygens (including phenoxy) is 1. The number of methoxy groups -OCH3 is 1. The highest BCUT2D eigenvalue weighted by molar-refractivity contribution is 6.03. The molecule has 20 heavy (non-hydrogen) atoms. The summed E-state index contributed by atoms with van der Waals surface area (Å²) in [5.74, 6) is 0.0931. The maximum atomic E-state index is 12.3. The van der Waals surface area contributed by atoms with Crippen LogP contribution in [0.5, 0.6) is 11.5 Å². The van der Waals surface area contributed by atoms with E-state index in [1.165, 1.54) is 32.1 Å². The van der Waals surface area contributed by atoms with E-state index in [4.69, 9.17) is 4.74 Å². The molecule has 1 amide bonds. The number of hydrogen-bond donors (Lipinski definition) is 2. The molecule has 0 saturated heterocycles. The van der Waals surface area contributed by atoms with Gasteiger partial charge in [0.1, 0.15) is 0 Å². The van der Waals surface area contributed by atoms with Crippen molar-refractivity contribution in [2.24, 2.45) is 10.4 Å². The number of phenolic OH excluding ortho intramolecular Hbond substituents is 1. The quantitative estimate of drug-likeness (QED) is 0.889. The summed E-state index contributed by atoms with van der Waals surface area (Å²) in [4.78, 5) is 16.6. The molecule has 1 saturated carbocycles. The van der Waals surface area contributed by atoms with Gasteiger partial charge in [-0.2, -0.15) is 0 Å². The Morgan fingerprint density at radius 3 is 2.90 bits per heavy atom. The highest BCUT2D eigenvalue weighted by Gasteiger charge is 2.39. The molecule has 0 aromatic heterocycles. The summed E-state index contributed by atoms with van der Waals surface area (Å²) in [5, 5.41) is 12.8. The molecule has 3 rings (SSSR count). The van der Waals surface area contributed by atoms with Crippen molar-refractivity contribution in [1.82, 2.24) is 5.32 Å². The van der Waals surface area contributed by atoms with Gasteiger partial charge in [0.2, 0.25) is 0 Å². The van der Waals surface area contributed by atoms with E-state index in [-0.39, 0.29) is 23.4 Å². The van der Waals surface area contributed by atoms with Crippen LogP contribution in [0.2, 0.25) is 0 Å². The van der Waals surface area contributed by atoms with Gasteiger partial charge in [0.05, 0.1) is 24.4 Å². The summed E-state index contributed by atoms with van der Waals surface area (Å²) in [6, 6.07) is 2.93. The summed E-state index contributed by atoms with van der Waals surface area (Å²) in [6.07, 6.45) is 5.07. The van der Waals surface area contributed by atoms with Gasteiger partial charge >= 0.3 is 0 Å². The molecule has 1 aliphatic carbocycles. The van der Waals surface area contributed by atoms with Crippen molar-refractivity contribution < 1.29 is 14.6 Å². The highest BCUT2D eigenvalue weighted by atomic mass is 16.5. The first kappa shape index (κ1) is 13.0. The lowest BCUT2D eigenvalue weighted by Crippen LogP contribution is -2.36. The van der Waals surface area contributed by atoms with Crippen LogP contribution in [0.3, 0.4) is 0 Å². The van der Waals surface area contributed by atoms with E-state index in [1.54, 1.807) is 6.21 Å². The number of benzene rings is 1. The Kier molecular flexibility index (Phi) is 2.92. The monoisotopic (exact) mass is 274 g/mol. The molecular formula is C15H18N2O3. The van der Waals surface area contributed by atoms with Crippen molar-refractivity contribution >= 4 is 17.8 Å². The minimum atomic E-state index is -0.176. The standard InChI is InChI=1S/C15H18N2O3/c1-15(3-4-15)7-9-8-16-11-6-12(18)13(20-2)5-10(11)14(19)17-9/h5-6,8-9,18H,3-4,7H2,1-2H3,(H,17,19). The second-order valence-corrected chi connectivity index (χ2v) is 5.91. The van der Waals surface area contributed by atoms with E-state index in [1.807, 2.05) is 0 Å². The van der Waals surface area contributed by atoms with Gasteiger partial charge in [0.25, 0.3) is 5.91 Å². The molecule has 5 nitrogen and oxygen atoms in total. The first-order chi connectivity index (χ1) is 9.50. The SMILES string of the molecule is COc1cc2c(cc1O)N=CC(CC1(C)CC1)NC2=O. The van der Waals surface area contributed by atoms with Gasteiger partial charge in [-0.05, 0) is 30.7 Å². The molecule has 1 unspecified atom stereocenters. The molecule has 0 spiro atoms. The average molecular weight is 274 g/mol. The van der Waals surface area contributed by atoms with Crippen molar-refractivity contribution in [3.05, 3.63) is 17.7 Å². The predicted octanol–water partition coefficient (Wildman–Crippen LogP) is 2.41. The molecule has 2 N–H and O–H groups in total. The molecule has 106 valence electrons. The van der Waals surface area contributed by atoms with Gasteiger partial charge in [-0.15, -0.1) is 0 Å². The molecule has 1 fully saturated rings. The normalized spacial score (nSPS) is 22.7. The Labute approximate surface area is 117 Å². The molecule has 1 aromatic rings. The Morgan fingerprint density at radius 1 is 1.50 bits per heavy atom. The van der Waals surface area contributed by atoms with E-state index in [0.717, 1.165) is 6.42 Å². The Morgan fingerprint density at radius 2 is 2.25 bits per heavy atom. The van der Waals surface area contributed by atoms with Crippen LogP contribution in [0.25, 0.3) is 0 Å². The molecule has 2 aliphatic rings. The Bertz CT molecular complexity index is 591. The number of hydrogen-bond acceptors (Lipinski definition) is 4. The van der Waals surface area contributed by atoms with Gasteiger partial charge < -0.3 is 15.2 Å². The van der Waals surface area contributed by atoms with Crippen LogP contribution < -0.4 is 10.1 Å². The van der Waals surface area contributed by atoms with E-state index in [0.29, 0.717) is 16.7 Å². The van der Waals surface area contributed by atoms with E-state index in [2.05, 4.69) is 17.2 Å². The van der Waals surface area contributed by atoms with E-state index in [9.17, 15) is 9.90 Å². The van der Waals surface area contributed by atoms with Gasteiger partial charge in [-0.25, -0.2) is 0 Å². The van der Waals surface area contributed by atoms with E-state index >= 15 is 0 Å². The fourth-order valence-corrected chi connectivity index (χ4v) is 2.52. The minimum absolute atomic E-state index is 0.0104. The third-order valence-electron chi connectivity index (χ3n) is 4.07. The van der Waals surface area contributed by atoms with E-state index < -0.39 is 0 Å². The summed E-state index contributed by atoms with van der Waals surface area (Å²) in [5.41, 5.74) is 1.24. The van der Waals surface area contributed by atoms with Crippen LogP contribution in [0, 0.1) is 5.41 Å². The molecule has 1 aromatic carbocycles. The topological polar surface area (TPSA) is 70.9 Å². The van der Waals surface area contributed by atoms with Gasteiger partial charge in [-0.1, -0.05) is 6.92 Å². The smallest absolute Gasteiger partial charge is 0.254 e. The summed E-state index contributed by atoms with van der Waals surface area (Å²) in [7, 11) is 1.45. The number of carbonyl (C=O) groups excluding carboxylic acids is 1. The first-order valence-corrected chi connectivity index (χ1v) is 6.77. The van der Waals surface area contributed by atoms with Crippen LogP contribution >= 0.6 is 0 Å². The number of carbonyl (C=O) groups is 1. The third-order valence-corrected chi connectivity index (χ3v) is 4.07. The number of rotatable bonds is 3. The largest absolute Gasteiger partial charge is 0.504 e. The maximum Gasteiger partial charge on any atom is 0.254 e. The zero-order valence-corrected chi connectivity index (χ0v) is 11.6. The second-order valence-electron chi connectivity index (χ2n) is 5.91. The number of aliphatic imine (C=N–C) groups is 1. The molecule has 1 heterocycles. The van der Waals surface area contributed by atoms with Crippen molar-refractivity contribution in [1.29, 1.82) is 0 Å². The molecule has 0 radical (unpaired) electrons. The van der Waals surface area contributed by atoms with Gasteiger partial charge in [0, 0.05) is 12.3 Å². The number of nitrogens with zero attached hydrogens (tertiary/aromatic N) is 1. The summed E-state index contributed by atoms with van der Waals surface area (Å²) >= 11 is 0. The molecule has 5 heteroatoms. The van der Waals surface area contributed by atoms with Gasteiger partial charge in [0.15, 0.2) is 11.5 Å². The number of aromatic hydroxyl groups is 1. The van der Waals surface area contributed by atoms with Crippen LogP contribution in [0.1, 0.15) is 36.5 Å². The Hall–Kier alpha value is -2.04. The van der Waals surface area contributed by atoms with Crippen molar-refractivity contribution in [2.75, 3.05) is 7.11 Å². The van der Waals surface area contributed by atoms with Crippen LogP contribution in [0.15, 0.2) is 17.1 Å². The van der Waals surface area contributed by atoms with Crippen molar-refractivity contribution in [3.8, 4) is 11.5 Å². The number of fused-ring (bicyclic) bond motifs is 1. The molecule has 1 atom stereocenters. The van der Waals surface area contributed by atoms with Gasteiger partial charge in [-0.3, -0.25) is 9.79 Å². The predicted molar refractivity (Wildman–Crippen MR) is 76.0 cm³/mol. The highest BCUT2D eigenvalue weighted by Crippen LogP contribution is 2.49. The lowest BCUT2D eigenvalue weighted by Gasteiger charge is -2.16. The fraction of sp³-hybridized carbons (Fsp3) is 0.467. The lowest BCUT2D eigenvalue weighted by molar-refractivity contribution is 0.0945. The number of phenols is 1. The second kappa shape index (κ2) is 4.51. The summed E-state index contributed by atoms with van der Waals surface area (Å²) < 4.78 is 5.04. The fourth-order valence-electron chi connectivity index (χ4n) is 2.52. The summed E-state index contributed by atoms with van der Waals surface area (Å²) in [6.45, 7) is 2.22. The Balaban J connectivity index is 1.90. The number of nitrogens with one attached hydrogen (secondary N) is 1.